The molecule has 6 rings (SSSR count). The maximum atomic E-state index is 12.3. The third-order valence-corrected chi connectivity index (χ3v) is 8.27. The Bertz CT molecular complexity index is 826. The van der Waals surface area contributed by atoms with E-state index in [2.05, 4.69) is 29.6 Å². The van der Waals surface area contributed by atoms with Crippen molar-refractivity contribution in [3.8, 4) is 0 Å². The second-order valence-corrected chi connectivity index (χ2v) is 10.6. The Hall–Kier alpha value is -1.45. The highest BCUT2D eigenvalue weighted by Gasteiger charge is 2.51. The smallest absolute Gasteiger partial charge is 0.234 e. The molecule has 0 aliphatic heterocycles. The van der Waals surface area contributed by atoms with Gasteiger partial charge in [0.25, 0.3) is 0 Å². The molecule has 1 N–H and O–H groups in total. The molecule has 0 radical (unpaired) electrons. The molecule has 4 saturated carbocycles. The van der Waals surface area contributed by atoms with Crippen LogP contribution in [0.15, 0.2) is 53.4 Å². The fourth-order valence-electron chi connectivity index (χ4n) is 6.25. The maximum absolute atomic E-state index is 12.3. The number of nitrogens with one attached hydrogen (secondary N) is 1. The third kappa shape index (κ3) is 3.71. The number of anilines is 1. The summed E-state index contributed by atoms with van der Waals surface area (Å²) < 4.78 is 0. The molecule has 4 bridgehead atoms. The van der Waals surface area contributed by atoms with Gasteiger partial charge in [0, 0.05) is 15.6 Å². The van der Waals surface area contributed by atoms with Crippen molar-refractivity contribution >= 4 is 35.0 Å². The van der Waals surface area contributed by atoms with E-state index >= 15 is 0 Å². The predicted octanol–water partition coefficient (Wildman–Crippen LogP) is 6.54. The topological polar surface area (TPSA) is 29.1 Å². The average molecular weight is 412 g/mol. The lowest BCUT2D eigenvalue weighted by molar-refractivity contribution is -0.113. The lowest BCUT2D eigenvalue weighted by Gasteiger charge is -2.57. The standard InChI is InChI=1S/C24H26ClNOS/c25-20-3-7-22(8-4-20)28-15-23(27)26-21-5-1-19(2-6-21)24-12-16-9-17(13-24)11-18(10-16)14-24/h1-8,16-18H,9-15H2,(H,26,27). The summed E-state index contributed by atoms with van der Waals surface area (Å²) in [6, 6.07) is 16.3. The van der Waals surface area contributed by atoms with Gasteiger partial charge < -0.3 is 5.32 Å². The zero-order valence-corrected chi connectivity index (χ0v) is 17.6. The van der Waals surface area contributed by atoms with Gasteiger partial charge in [-0.1, -0.05) is 23.7 Å². The number of rotatable bonds is 5. The summed E-state index contributed by atoms with van der Waals surface area (Å²) in [5.74, 6) is 3.29. The fourth-order valence-corrected chi connectivity index (χ4v) is 7.07. The first-order chi connectivity index (χ1) is 13.6. The van der Waals surface area contributed by atoms with Crippen molar-refractivity contribution in [3.05, 3.63) is 59.1 Å². The summed E-state index contributed by atoms with van der Waals surface area (Å²) in [7, 11) is 0. The van der Waals surface area contributed by atoms with Crippen LogP contribution in [0.4, 0.5) is 5.69 Å². The normalized spacial score (nSPS) is 30.4. The van der Waals surface area contributed by atoms with Gasteiger partial charge in [0.2, 0.25) is 5.91 Å². The molecule has 0 unspecified atom stereocenters. The Labute approximate surface area is 176 Å². The molecular formula is C24H26ClNOS. The molecule has 0 aromatic heterocycles. The molecule has 146 valence electrons. The maximum Gasteiger partial charge on any atom is 0.234 e. The van der Waals surface area contributed by atoms with Crippen LogP contribution in [0.3, 0.4) is 0 Å². The molecule has 4 aliphatic rings. The zero-order chi connectivity index (χ0) is 19.1. The summed E-state index contributed by atoms with van der Waals surface area (Å²) in [5.41, 5.74) is 2.82. The number of carbonyl (C=O) groups is 1. The third-order valence-electron chi connectivity index (χ3n) is 7.00. The largest absolute Gasteiger partial charge is 0.325 e. The molecule has 0 heterocycles. The quantitative estimate of drug-likeness (QED) is 0.566. The minimum Gasteiger partial charge on any atom is -0.325 e. The number of amides is 1. The van der Waals surface area contributed by atoms with Gasteiger partial charge in [0.05, 0.1) is 5.75 Å². The van der Waals surface area contributed by atoms with Gasteiger partial charge in [0.15, 0.2) is 0 Å². The molecule has 0 atom stereocenters. The van der Waals surface area contributed by atoms with Crippen molar-refractivity contribution in [2.24, 2.45) is 17.8 Å². The molecule has 4 aliphatic carbocycles. The average Bonchev–Trinajstić information content (AvgIpc) is 2.67. The molecule has 4 heteroatoms. The van der Waals surface area contributed by atoms with E-state index in [1.165, 1.54) is 55.9 Å². The van der Waals surface area contributed by atoms with E-state index in [0.717, 1.165) is 28.3 Å². The first-order valence-corrected chi connectivity index (χ1v) is 11.7. The van der Waals surface area contributed by atoms with E-state index in [1.807, 2.05) is 24.3 Å². The van der Waals surface area contributed by atoms with Gasteiger partial charge in [-0.2, -0.15) is 0 Å². The molecule has 2 aromatic carbocycles. The molecule has 28 heavy (non-hydrogen) atoms. The fraction of sp³-hybridized carbons (Fsp3) is 0.458. The Balaban J connectivity index is 1.21. The van der Waals surface area contributed by atoms with E-state index in [-0.39, 0.29) is 5.91 Å². The van der Waals surface area contributed by atoms with Crippen molar-refractivity contribution in [1.82, 2.24) is 0 Å². The van der Waals surface area contributed by atoms with Crippen LogP contribution in [-0.2, 0) is 10.2 Å². The first-order valence-electron chi connectivity index (χ1n) is 10.4. The zero-order valence-electron chi connectivity index (χ0n) is 16.0. The van der Waals surface area contributed by atoms with Gasteiger partial charge in [-0.05, 0) is 104 Å². The molecule has 2 aromatic rings. The number of halogens is 1. The van der Waals surface area contributed by atoms with Gasteiger partial charge in [0.1, 0.15) is 0 Å². The summed E-state index contributed by atoms with van der Waals surface area (Å²) in [5, 5.41) is 3.75. The summed E-state index contributed by atoms with van der Waals surface area (Å²) in [6.07, 6.45) is 8.54. The van der Waals surface area contributed by atoms with Gasteiger partial charge in [-0.15, -0.1) is 11.8 Å². The minimum atomic E-state index is 0.0301. The molecular weight excluding hydrogens is 386 g/mol. The van der Waals surface area contributed by atoms with Gasteiger partial charge in [-0.25, -0.2) is 0 Å². The van der Waals surface area contributed by atoms with Crippen molar-refractivity contribution in [2.75, 3.05) is 11.1 Å². The van der Waals surface area contributed by atoms with E-state index in [4.69, 9.17) is 11.6 Å². The highest BCUT2D eigenvalue weighted by Crippen LogP contribution is 2.60. The predicted molar refractivity (Wildman–Crippen MR) is 117 cm³/mol. The molecule has 4 fully saturated rings. The van der Waals surface area contributed by atoms with E-state index < -0.39 is 0 Å². The SMILES string of the molecule is O=C(CSc1ccc(Cl)cc1)Nc1ccc(C23CC4CC(CC(C4)C2)C3)cc1. The summed E-state index contributed by atoms with van der Waals surface area (Å²) >= 11 is 7.43. The van der Waals surface area contributed by atoms with E-state index in [1.54, 1.807) is 0 Å². The lowest BCUT2D eigenvalue weighted by Crippen LogP contribution is -2.48. The Morgan fingerprint density at radius 3 is 2.07 bits per heavy atom. The molecule has 2 nitrogen and oxygen atoms in total. The second kappa shape index (κ2) is 7.42. The van der Waals surface area contributed by atoms with E-state index in [0.29, 0.717) is 16.2 Å². The van der Waals surface area contributed by atoms with Crippen LogP contribution in [0.25, 0.3) is 0 Å². The number of thioether (sulfide) groups is 1. The van der Waals surface area contributed by atoms with E-state index in [9.17, 15) is 4.79 Å². The number of hydrogen-bond donors (Lipinski definition) is 1. The van der Waals surface area contributed by atoms with Crippen LogP contribution in [0.5, 0.6) is 0 Å². The molecule has 0 saturated heterocycles. The van der Waals surface area contributed by atoms with Crippen LogP contribution >= 0.6 is 23.4 Å². The van der Waals surface area contributed by atoms with Crippen molar-refractivity contribution in [1.29, 1.82) is 0 Å². The Morgan fingerprint density at radius 1 is 0.929 bits per heavy atom. The molecule has 1 amide bonds. The molecule has 0 spiro atoms. The van der Waals surface area contributed by atoms with Gasteiger partial charge >= 0.3 is 0 Å². The van der Waals surface area contributed by atoms with Crippen molar-refractivity contribution in [2.45, 2.75) is 48.8 Å². The Kier molecular flexibility index (Phi) is 4.92. The first kappa shape index (κ1) is 18.6. The minimum absolute atomic E-state index is 0.0301. The number of carbonyl (C=O) groups excluding carboxylic acids is 1. The highest BCUT2D eigenvalue weighted by atomic mass is 35.5. The summed E-state index contributed by atoms with van der Waals surface area (Å²) in [4.78, 5) is 13.4. The van der Waals surface area contributed by atoms with Crippen molar-refractivity contribution < 1.29 is 4.79 Å². The second-order valence-electron chi connectivity index (χ2n) is 9.07. The summed E-state index contributed by atoms with van der Waals surface area (Å²) in [6.45, 7) is 0. The number of hydrogen-bond acceptors (Lipinski definition) is 2. The Morgan fingerprint density at radius 2 is 1.50 bits per heavy atom. The number of benzene rings is 2. The van der Waals surface area contributed by atoms with Gasteiger partial charge in [-0.3, -0.25) is 4.79 Å². The monoisotopic (exact) mass is 411 g/mol. The lowest BCUT2D eigenvalue weighted by atomic mass is 9.48. The van der Waals surface area contributed by atoms with Crippen LogP contribution in [0.2, 0.25) is 5.02 Å². The van der Waals surface area contributed by atoms with Crippen LogP contribution < -0.4 is 5.32 Å². The van der Waals surface area contributed by atoms with Crippen LogP contribution in [0, 0.1) is 17.8 Å². The van der Waals surface area contributed by atoms with Crippen LogP contribution in [0.1, 0.15) is 44.1 Å². The highest BCUT2D eigenvalue weighted by molar-refractivity contribution is 8.00. The van der Waals surface area contributed by atoms with Crippen molar-refractivity contribution in [3.63, 3.8) is 0 Å². The van der Waals surface area contributed by atoms with Crippen LogP contribution in [-0.4, -0.2) is 11.7 Å².